The smallest absolute Gasteiger partial charge is 0.277 e. The van der Waals surface area contributed by atoms with Crippen LogP contribution in [0, 0.1) is 17.3 Å². The van der Waals surface area contributed by atoms with E-state index in [4.69, 9.17) is 0 Å². The van der Waals surface area contributed by atoms with Crippen LogP contribution < -0.4 is 5.32 Å². The van der Waals surface area contributed by atoms with Crippen molar-refractivity contribution < 1.29 is 14.4 Å². The van der Waals surface area contributed by atoms with Gasteiger partial charge in [-0.2, -0.15) is 0 Å². The predicted molar refractivity (Wildman–Crippen MR) is 70.2 cm³/mol. The van der Waals surface area contributed by atoms with Crippen LogP contribution in [0.1, 0.15) is 46.5 Å². The van der Waals surface area contributed by atoms with Gasteiger partial charge in [0, 0.05) is 6.54 Å². The van der Waals surface area contributed by atoms with Gasteiger partial charge in [0.25, 0.3) is 0 Å². The van der Waals surface area contributed by atoms with Gasteiger partial charge in [0.1, 0.15) is 5.41 Å². The average molecular weight is 266 g/mol. The van der Waals surface area contributed by atoms with Crippen molar-refractivity contribution in [3.63, 3.8) is 0 Å². The van der Waals surface area contributed by atoms with Gasteiger partial charge in [-0.15, -0.1) is 0 Å². The van der Waals surface area contributed by atoms with Crippen molar-refractivity contribution in [3.05, 3.63) is 0 Å². The highest BCUT2D eigenvalue weighted by Gasteiger charge is 2.51. The molecule has 0 bridgehead atoms. The number of hydrogen-bond donors (Lipinski definition) is 1. The Hall–Kier alpha value is -1.39. The fraction of sp³-hybridized carbons (Fsp3) is 0.786. The molecule has 1 heterocycles. The summed E-state index contributed by atoms with van der Waals surface area (Å²) in [5, 5.41) is 2.34. The number of amides is 4. The van der Waals surface area contributed by atoms with Gasteiger partial charge in [-0.25, -0.2) is 4.79 Å². The molecule has 1 atom stereocenters. The Bertz CT molecular complexity index is 411. The molecule has 2 fully saturated rings. The summed E-state index contributed by atoms with van der Waals surface area (Å²) in [6, 6.07) is -0.556. The highest BCUT2D eigenvalue weighted by molar-refractivity contribution is 6.19. The van der Waals surface area contributed by atoms with E-state index >= 15 is 0 Å². The molecule has 106 valence electrons. The number of barbiturate groups is 1. The third-order valence-electron chi connectivity index (χ3n) is 4.66. The third kappa shape index (κ3) is 2.26. The second-order valence-electron chi connectivity index (χ2n) is 5.78. The molecular formula is C14H22N2O3. The van der Waals surface area contributed by atoms with Crippen LogP contribution in [0.25, 0.3) is 0 Å². The fourth-order valence-electron chi connectivity index (χ4n) is 2.87. The highest BCUT2D eigenvalue weighted by atomic mass is 16.2. The van der Waals surface area contributed by atoms with Gasteiger partial charge in [-0.05, 0) is 37.5 Å². The first-order valence-corrected chi connectivity index (χ1v) is 7.13. The van der Waals surface area contributed by atoms with E-state index in [1.807, 2.05) is 13.8 Å². The number of carbonyl (C=O) groups is 3. The average Bonchev–Trinajstić information content (AvgIpc) is 3.20. The summed E-state index contributed by atoms with van der Waals surface area (Å²) in [5.41, 5.74) is -1.06. The largest absolute Gasteiger partial charge is 0.330 e. The maximum atomic E-state index is 12.6. The van der Waals surface area contributed by atoms with E-state index in [1.165, 1.54) is 17.7 Å². The van der Waals surface area contributed by atoms with Crippen LogP contribution in [0.5, 0.6) is 0 Å². The van der Waals surface area contributed by atoms with Gasteiger partial charge < -0.3 is 0 Å². The number of rotatable bonds is 5. The lowest BCUT2D eigenvalue weighted by atomic mass is 9.78. The minimum absolute atomic E-state index is 0.314. The zero-order valence-corrected chi connectivity index (χ0v) is 11.9. The van der Waals surface area contributed by atoms with E-state index in [9.17, 15) is 14.4 Å². The van der Waals surface area contributed by atoms with Crippen molar-refractivity contribution >= 4 is 17.8 Å². The molecule has 0 radical (unpaired) electrons. The van der Waals surface area contributed by atoms with E-state index in [1.54, 1.807) is 0 Å². The summed E-state index contributed by atoms with van der Waals surface area (Å²) in [6.45, 7) is 6.12. The molecule has 5 heteroatoms. The van der Waals surface area contributed by atoms with Gasteiger partial charge in [-0.3, -0.25) is 19.8 Å². The summed E-state index contributed by atoms with van der Waals surface area (Å²) < 4.78 is 0. The number of nitrogens with zero attached hydrogens (tertiary/aromatic N) is 1. The number of carbonyl (C=O) groups excluding carboxylic acids is 3. The van der Waals surface area contributed by atoms with Crippen molar-refractivity contribution in [2.45, 2.75) is 46.5 Å². The minimum Gasteiger partial charge on any atom is -0.277 e. The van der Waals surface area contributed by atoms with Crippen LogP contribution in [0.2, 0.25) is 0 Å². The molecule has 0 aromatic rings. The molecule has 1 saturated heterocycles. The van der Waals surface area contributed by atoms with Gasteiger partial charge in [0.15, 0.2) is 0 Å². The zero-order valence-electron chi connectivity index (χ0n) is 11.9. The SMILES string of the molecule is CCC1(CC)C(=O)NC(=O)N(CC(C)C2CC2)C1=O. The molecule has 5 nitrogen and oxygen atoms in total. The highest BCUT2D eigenvalue weighted by Crippen LogP contribution is 2.38. The standard InChI is InChI=1S/C14H22N2O3/c1-4-14(5-2)11(17)15-13(19)16(12(14)18)8-9(3)10-6-7-10/h9-10H,4-8H2,1-3H3,(H,15,17,19). The minimum atomic E-state index is -1.06. The van der Waals surface area contributed by atoms with Crippen molar-refractivity contribution in [3.8, 4) is 0 Å². The van der Waals surface area contributed by atoms with Crippen molar-refractivity contribution in [1.29, 1.82) is 0 Å². The number of nitrogens with one attached hydrogen (secondary N) is 1. The molecule has 1 saturated carbocycles. The molecule has 0 aromatic heterocycles. The first kappa shape index (κ1) is 14.0. The monoisotopic (exact) mass is 266 g/mol. The molecule has 19 heavy (non-hydrogen) atoms. The molecular weight excluding hydrogens is 244 g/mol. The fourth-order valence-corrected chi connectivity index (χ4v) is 2.87. The topological polar surface area (TPSA) is 66.5 Å². The maximum absolute atomic E-state index is 12.6. The van der Waals surface area contributed by atoms with Gasteiger partial charge in [0.2, 0.25) is 11.8 Å². The molecule has 1 aliphatic heterocycles. The lowest BCUT2D eigenvalue weighted by Crippen LogP contribution is -2.64. The predicted octanol–water partition coefficient (Wildman–Crippen LogP) is 1.92. The van der Waals surface area contributed by atoms with Gasteiger partial charge in [0.05, 0.1) is 0 Å². The summed E-state index contributed by atoms with van der Waals surface area (Å²) in [6.07, 6.45) is 3.21. The summed E-state index contributed by atoms with van der Waals surface area (Å²) in [7, 11) is 0. The second-order valence-corrected chi connectivity index (χ2v) is 5.78. The Labute approximate surface area is 113 Å². The Morgan fingerprint density at radius 1 is 1.26 bits per heavy atom. The third-order valence-corrected chi connectivity index (χ3v) is 4.66. The van der Waals surface area contributed by atoms with E-state index in [0.29, 0.717) is 31.2 Å². The Morgan fingerprint density at radius 3 is 2.32 bits per heavy atom. The van der Waals surface area contributed by atoms with E-state index in [2.05, 4.69) is 12.2 Å². The summed E-state index contributed by atoms with van der Waals surface area (Å²) >= 11 is 0. The van der Waals surface area contributed by atoms with Crippen LogP contribution >= 0.6 is 0 Å². The Kier molecular flexibility index (Phi) is 3.65. The molecule has 4 amide bonds. The first-order chi connectivity index (χ1) is 8.96. The molecule has 2 rings (SSSR count). The number of urea groups is 1. The maximum Gasteiger partial charge on any atom is 0.330 e. The second kappa shape index (κ2) is 4.94. The molecule has 0 aromatic carbocycles. The Balaban J connectivity index is 2.19. The van der Waals surface area contributed by atoms with Crippen LogP contribution in [0.15, 0.2) is 0 Å². The molecule has 1 aliphatic carbocycles. The number of imide groups is 2. The van der Waals surface area contributed by atoms with E-state index in [-0.39, 0.29) is 5.91 Å². The van der Waals surface area contributed by atoms with Crippen LogP contribution in [0.4, 0.5) is 4.79 Å². The van der Waals surface area contributed by atoms with Crippen LogP contribution in [0.3, 0.4) is 0 Å². The van der Waals surface area contributed by atoms with Crippen molar-refractivity contribution in [2.75, 3.05) is 6.54 Å². The van der Waals surface area contributed by atoms with E-state index < -0.39 is 17.4 Å². The Morgan fingerprint density at radius 2 is 1.84 bits per heavy atom. The van der Waals surface area contributed by atoms with Crippen molar-refractivity contribution in [1.82, 2.24) is 10.2 Å². The van der Waals surface area contributed by atoms with E-state index in [0.717, 1.165) is 0 Å². The summed E-state index contributed by atoms with van der Waals surface area (Å²) in [4.78, 5) is 37.7. The normalized spacial score (nSPS) is 24.4. The van der Waals surface area contributed by atoms with Gasteiger partial charge >= 0.3 is 6.03 Å². The van der Waals surface area contributed by atoms with Gasteiger partial charge in [-0.1, -0.05) is 20.8 Å². The lowest BCUT2D eigenvalue weighted by Gasteiger charge is -2.39. The lowest BCUT2D eigenvalue weighted by molar-refractivity contribution is -0.152. The van der Waals surface area contributed by atoms with Crippen molar-refractivity contribution in [2.24, 2.45) is 17.3 Å². The van der Waals surface area contributed by atoms with Crippen LogP contribution in [-0.2, 0) is 9.59 Å². The molecule has 1 unspecified atom stereocenters. The molecule has 1 N–H and O–H groups in total. The molecule has 0 spiro atoms. The quantitative estimate of drug-likeness (QED) is 0.773. The summed E-state index contributed by atoms with van der Waals surface area (Å²) in [5.74, 6) is 0.173. The first-order valence-electron chi connectivity index (χ1n) is 7.13. The molecule has 2 aliphatic rings. The number of hydrogen-bond acceptors (Lipinski definition) is 3. The zero-order chi connectivity index (χ0) is 14.2. The van der Waals surface area contributed by atoms with Crippen LogP contribution in [-0.4, -0.2) is 29.3 Å².